The van der Waals surface area contributed by atoms with Crippen LogP contribution in [-0.4, -0.2) is 27.6 Å². The Morgan fingerprint density at radius 1 is 1.38 bits per heavy atom. The van der Waals surface area contributed by atoms with Crippen molar-refractivity contribution in [3.8, 4) is 11.8 Å². The molecule has 1 amide bonds. The molecule has 0 bridgehead atoms. The first-order valence-electron chi connectivity index (χ1n) is 6.49. The highest BCUT2D eigenvalue weighted by Crippen LogP contribution is 2.14. The van der Waals surface area contributed by atoms with Crippen molar-refractivity contribution in [3.63, 3.8) is 0 Å². The van der Waals surface area contributed by atoms with E-state index in [0.717, 1.165) is 5.69 Å². The van der Waals surface area contributed by atoms with Gasteiger partial charge in [0.25, 0.3) is 5.91 Å². The van der Waals surface area contributed by atoms with Crippen LogP contribution in [0.5, 0.6) is 0 Å². The number of hydrogen-bond acceptors (Lipinski definition) is 4. The zero-order chi connectivity index (χ0) is 15.1. The molecule has 0 radical (unpaired) electrons. The van der Waals surface area contributed by atoms with Crippen LogP contribution in [0, 0.1) is 18.8 Å². The predicted molar refractivity (Wildman–Crippen MR) is 79.7 cm³/mol. The highest BCUT2D eigenvalue weighted by molar-refractivity contribution is 6.06. The zero-order valence-electron chi connectivity index (χ0n) is 11.6. The zero-order valence-corrected chi connectivity index (χ0v) is 11.6. The highest BCUT2D eigenvalue weighted by Gasteiger charge is 2.11. The van der Waals surface area contributed by atoms with Crippen LogP contribution >= 0.6 is 0 Å². The third-order valence-electron chi connectivity index (χ3n) is 2.78. The molecule has 0 aliphatic heterocycles. The number of aryl methyl sites for hydroxylation is 1. The van der Waals surface area contributed by atoms with Crippen molar-refractivity contribution in [1.29, 1.82) is 0 Å². The molecule has 2 heterocycles. The second-order valence-corrected chi connectivity index (χ2v) is 4.29. The van der Waals surface area contributed by atoms with Crippen LogP contribution in [0.3, 0.4) is 0 Å². The van der Waals surface area contributed by atoms with Gasteiger partial charge in [-0.25, -0.2) is 0 Å². The summed E-state index contributed by atoms with van der Waals surface area (Å²) in [4.78, 5) is 20.4. The summed E-state index contributed by atoms with van der Waals surface area (Å²) in [7, 11) is 0. The van der Waals surface area contributed by atoms with E-state index in [1.165, 1.54) is 6.20 Å². The SMILES string of the molecule is Cc1ncccc1NC(=O)c1ccncc1C#CCCO. The molecule has 0 aromatic carbocycles. The molecule has 106 valence electrons. The number of nitrogens with zero attached hydrogens (tertiary/aromatic N) is 2. The largest absolute Gasteiger partial charge is 0.395 e. The van der Waals surface area contributed by atoms with Crippen molar-refractivity contribution in [2.24, 2.45) is 0 Å². The number of rotatable bonds is 3. The van der Waals surface area contributed by atoms with Crippen LogP contribution in [0.2, 0.25) is 0 Å². The van der Waals surface area contributed by atoms with Crippen LogP contribution < -0.4 is 5.32 Å². The van der Waals surface area contributed by atoms with Gasteiger partial charge in [-0.1, -0.05) is 11.8 Å². The second kappa shape index (κ2) is 7.17. The summed E-state index contributed by atoms with van der Waals surface area (Å²) in [6.45, 7) is 1.81. The fraction of sp³-hybridized carbons (Fsp3) is 0.188. The van der Waals surface area contributed by atoms with Gasteiger partial charge >= 0.3 is 0 Å². The maximum absolute atomic E-state index is 12.3. The summed E-state index contributed by atoms with van der Waals surface area (Å²) in [5.41, 5.74) is 2.38. The highest BCUT2D eigenvalue weighted by atomic mass is 16.2. The van der Waals surface area contributed by atoms with Gasteiger partial charge < -0.3 is 10.4 Å². The summed E-state index contributed by atoms with van der Waals surface area (Å²) < 4.78 is 0. The fourth-order valence-electron chi connectivity index (χ4n) is 1.71. The first kappa shape index (κ1) is 14.7. The van der Waals surface area contributed by atoms with Crippen molar-refractivity contribution in [2.75, 3.05) is 11.9 Å². The maximum atomic E-state index is 12.3. The molecule has 2 N–H and O–H groups in total. The first-order valence-corrected chi connectivity index (χ1v) is 6.49. The van der Waals surface area contributed by atoms with Gasteiger partial charge in [0.05, 0.1) is 29.1 Å². The number of carbonyl (C=O) groups excluding carboxylic acids is 1. The predicted octanol–water partition coefficient (Wildman–Crippen LogP) is 1.77. The minimum Gasteiger partial charge on any atom is -0.395 e. The Balaban J connectivity index is 2.24. The topological polar surface area (TPSA) is 75.1 Å². The lowest BCUT2D eigenvalue weighted by Gasteiger charge is -2.08. The van der Waals surface area contributed by atoms with E-state index in [2.05, 4.69) is 27.1 Å². The summed E-state index contributed by atoms with van der Waals surface area (Å²) in [5.74, 6) is 5.37. The molecule has 0 atom stereocenters. The smallest absolute Gasteiger partial charge is 0.257 e. The number of amides is 1. The Hall–Kier alpha value is -2.71. The molecular weight excluding hydrogens is 266 g/mol. The third-order valence-corrected chi connectivity index (χ3v) is 2.78. The lowest BCUT2D eigenvalue weighted by atomic mass is 10.1. The van der Waals surface area contributed by atoms with E-state index in [0.29, 0.717) is 23.2 Å². The summed E-state index contributed by atoms with van der Waals surface area (Å²) in [5, 5.41) is 11.6. The van der Waals surface area contributed by atoms with Gasteiger partial charge in [0.15, 0.2) is 0 Å². The van der Waals surface area contributed by atoms with Crippen molar-refractivity contribution >= 4 is 11.6 Å². The summed E-state index contributed by atoms with van der Waals surface area (Å²) in [6, 6.07) is 5.17. The number of anilines is 1. The number of pyridine rings is 2. The van der Waals surface area contributed by atoms with Crippen molar-refractivity contribution in [2.45, 2.75) is 13.3 Å². The van der Waals surface area contributed by atoms with Gasteiger partial charge in [-0.05, 0) is 25.1 Å². The molecule has 0 unspecified atom stereocenters. The number of aliphatic hydroxyl groups is 1. The van der Waals surface area contributed by atoms with Gasteiger partial charge in [-0.2, -0.15) is 0 Å². The van der Waals surface area contributed by atoms with Crippen molar-refractivity contribution < 1.29 is 9.90 Å². The average Bonchev–Trinajstić information content (AvgIpc) is 2.50. The van der Waals surface area contributed by atoms with E-state index in [4.69, 9.17) is 5.11 Å². The molecule has 2 aromatic heterocycles. The molecule has 21 heavy (non-hydrogen) atoms. The van der Waals surface area contributed by atoms with Crippen LogP contribution in [0.25, 0.3) is 0 Å². The molecule has 2 rings (SSSR count). The Bertz CT molecular complexity index is 702. The molecule has 0 spiro atoms. The van der Waals surface area contributed by atoms with Crippen LogP contribution in [-0.2, 0) is 0 Å². The molecule has 0 saturated carbocycles. The standard InChI is InChI=1S/C16H15N3O2/c1-12-15(6-4-8-18-12)19-16(21)14-7-9-17-11-13(14)5-2-3-10-20/h4,6-9,11,20H,3,10H2,1H3,(H,19,21). The fourth-order valence-corrected chi connectivity index (χ4v) is 1.71. The average molecular weight is 281 g/mol. The normalized spacial score (nSPS) is 9.62. The molecule has 2 aromatic rings. The summed E-state index contributed by atoms with van der Waals surface area (Å²) in [6.07, 6.45) is 5.11. The maximum Gasteiger partial charge on any atom is 0.257 e. The van der Waals surface area contributed by atoms with Crippen LogP contribution in [0.4, 0.5) is 5.69 Å². The molecule has 0 saturated heterocycles. The van der Waals surface area contributed by atoms with Gasteiger partial charge in [-0.3, -0.25) is 14.8 Å². The van der Waals surface area contributed by atoms with E-state index >= 15 is 0 Å². The van der Waals surface area contributed by atoms with Gasteiger partial charge in [-0.15, -0.1) is 0 Å². The first-order chi connectivity index (χ1) is 10.2. The quantitative estimate of drug-likeness (QED) is 0.841. The number of aliphatic hydroxyl groups excluding tert-OH is 1. The minimum absolute atomic E-state index is 0.0102. The Morgan fingerprint density at radius 3 is 3.00 bits per heavy atom. The monoisotopic (exact) mass is 281 g/mol. The lowest BCUT2D eigenvalue weighted by molar-refractivity contribution is 0.102. The third kappa shape index (κ3) is 3.88. The van der Waals surface area contributed by atoms with Crippen molar-refractivity contribution in [3.05, 3.63) is 53.6 Å². The van der Waals surface area contributed by atoms with Gasteiger partial charge in [0, 0.05) is 25.0 Å². The van der Waals surface area contributed by atoms with Gasteiger partial charge in [0.2, 0.25) is 0 Å². The lowest BCUT2D eigenvalue weighted by Crippen LogP contribution is -2.14. The Labute approximate surface area is 123 Å². The molecule has 0 fully saturated rings. The van der Waals surface area contributed by atoms with Crippen molar-refractivity contribution in [1.82, 2.24) is 9.97 Å². The van der Waals surface area contributed by atoms with Gasteiger partial charge in [0.1, 0.15) is 0 Å². The van der Waals surface area contributed by atoms with E-state index in [1.807, 2.05) is 6.92 Å². The van der Waals surface area contributed by atoms with Crippen LogP contribution in [0.1, 0.15) is 28.0 Å². The molecule has 5 nitrogen and oxygen atoms in total. The number of aromatic nitrogens is 2. The number of nitrogens with one attached hydrogen (secondary N) is 1. The van der Waals surface area contributed by atoms with Crippen LogP contribution in [0.15, 0.2) is 36.8 Å². The molecular formula is C16H15N3O2. The Morgan fingerprint density at radius 2 is 2.24 bits per heavy atom. The van der Waals surface area contributed by atoms with E-state index in [-0.39, 0.29) is 12.5 Å². The van der Waals surface area contributed by atoms with E-state index in [9.17, 15) is 4.79 Å². The Kier molecular flexibility index (Phi) is 5.02. The van der Waals surface area contributed by atoms with E-state index < -0.39 is 0 Å². The molecule has 0 aliphatic carbocycles. The minimum atomic E-state index is -0.262. The van der Waals surface area contributed by atoms with E-state index in [1.54, 1.807) is 30.6 Å². The molecule has 5 heteroatoms. The second-order valence-electron chi connectivity index (χ2n) is 4.29. The number of carbonyl (C=O) groups is 1. The molecule has 0 aliphatic rings. The summed E-state index contributed by atoms with van der Waals surface area (Å²) >= 11 is 0. The number of hydrogen-bond donors (Lipinski definition) is 2.